The van der Waals surface area contributed by atoms with Crippen molar-refractivity contribution in [1.82, 2.24) is 5.32 Å². The Kier molecular flexibility index (Phi) is 6.65. The molecule has 1 saturated carbocycles. The summed E-state index contributed by atoms with van der Waals surface area (Å²) in [5, 5.41) is 12.6. The van der Waals surface area contributed by atoms with Crippen molar-refractivity contribution in [3.8, 4) is 0 Å². The van der Waals surface area contributed by atoms with Gasteiger partial charge in [0.2, 0.25) is 0 Å². The Morgan fingerprint density at radius 2 is 1.89 bits per heavy atom. The number of amides is 1. The van der Waals surface area contributed by atoms with Crippen molar-refractivity contribution in [3.63, 3.8) is 0 Å². The summed E-state index contributed by atoms with van der Waals surface area (Å²) in [5.41, 5.74) is 0. The highest BCUT2D eigenvalue weighted by Gasteiger charge is 2.26. The normalized spacial score (nSPS) is 20.7. The molecule has 4 nitrogen and oxygen atoms in total. The molecule has 1 aliphatic carbocycles. The Labute approximate surface area is 110 Å². The van der Waals surface area contributed by atoms with Crippen LogP contribution in [0.3, 0.4) is 0 Å². The molecular formula is C14H27NO3. The average Bonchev–Trinajstić information content (AvgIpc) is 2.36. The van der Waals surface area contributed by atoms with Gasteiger partial charge in [-0.1, -0.05) is 33.1 Å². The molecule has 4 heteroatoms. The second-order valence-corrected chi connectivity index (χ2v) is 5.69. The lowest BCUT2D eigenvalue weighted by Crippen LogP contribution is -2.44. The van der Waals surface area contributed by atoms with Crippen LogP contribution in [0.4, 0.5) is 0 Å². The minimum absolute atomic E-state index is 0.210. The summed E-state index contributed by atoms with van der Waals surface area (Å²) in [7, 11) is 0. The van der Waals surface area contributed by atoms with E-state index in [2.05, 4.69) is 5.32 Å². The van der Waals surface area contributed by atoms with E-state index in [9.17, 15) is 9.90 Å². The van der Waals surface area contributed by atoms with Gasteiger partial charge in [0.25, 0.3) is 5.91 Å². The lowest BCUT2D eigenvalue weighted by Gasteiger charge is -2.27. The molecule has 106 valence electrons. The van der Waals surface area contributed by atoms with Crippen LogP contribution in [0.25, 0.3) is 0 Å². The molecule has 0 saturated heterocycles. The molecule has 0 aliphatic heterocycles. The Balaban J connectivity index is 2.30. The Bertz CT molecular complexity index is 249. The van der Waals surface area contributed by atoms with Gasteiger partial charge in [-0.3, -0.25) is 4.79 Å². The van der Waals surface area contributed by atoms with Crippen LogP contribution in [0.2, 0.25) is 0 Å². The number of aliphatic hydroxyl groups excluding tert-OH is 1. The maximum absolute atomic E-state index is 11.7. The Morgan fingerprint density at radius 1 is 1.28 bits per heavy atom. The summed E-state index contributed by atoms with van der Waals surface area (Å²) in [6.07, 6.45) is 4.45. The van der Waals surface area contributed by atoms with Gasteiger partial charge in [-0.15, -0.1) is 0 Å². The number of carbonyl (C=O) groups is 1. The van der Waals surface area contributed by atoms with Gasteiger partial charge in [-0.05, 0) is 25.7 Å². The quantitative estimate of drug-likeness (QED) is 0.763. The average molecular weight is 257 g/mol. The molecule has 2 atom stereocenters. The lowest BCUT2D eigenvalue weighted by atomic mass is 9.97. The van der Waals surface area contributed by atoms with E-state index in [1.165, 1.54) is 19.3 Å². The highest BCUT2D eigenvalue weighted by Crippen LogP contribution is 2.22. The van der Waals surface area contributed by atoms with E-state index in [0.717, 1.165) is 12.8 Å². The van der Waals surface area contributed by atoms with E-state index >= 15 is 0 Å². The number of nitrogens with one attached hydrogen (secondary N) is 1. The number of hydrogen-bond donors (Lipinski definition) is 2. The zero-order chi connectivity index (χ0) is 13.5. The molecule has 0 aromatic carbocycles. The third kappa shape index (κ3) is 5.36. The molecule has 0 spiro atoms. The monoisotopic (exact) mass is 257 g/mol. The fourth-order valence-corrected chi connectivity index (χ4v) is 2.20. The molecule has 1 amide bonds. The van der Waals surface area contributed by atoms with E-state index in [1.54, 1.807) is 6.92 Å². The molecular weight excluding hydrogens is 230 g/mol. The van der Waals surface area contributed by atoms with Gasteiger partial charge in [0.1, 0.15) is 0 Å². The van der Waals surface area contributed by atoms with Crippen molar-refractivity contribution >= 4 is 5.91 Å². The van der Waals surface area contributed by atoms with Crippen LogP contribution >= 0.6 is 0 Å². The zero-order valence-corrected chi connectivity index (χ0v) is 11.8. The molecule has 2 unspecified atom stereocenters. The standard InChI is InChI=1S/C14H27NO3/c1-10(2)9-15-14(17)13(16)11(3)18-12-7-5-4-6-8-12/h10-13,16H,4-9H2,1-3H3,(H,15,17). The topological polar surface area (TPSA) is 58.6 Å². The van der Waals surface area contributed by atoms with E-state index in [0.29, 0.717) is 12.5 Å². The number of ether oxygens (including phenoxy) is 1. The smallest absolute Gasteiger partial charge is 0.251 e. The van der Waals surface area contributed by atoms with Crippen molar-refractivity contribution < 1.29 is 14.6 Å². The molecule has 1 rings (SSSR count). The second kappa shape index (κ2) is 7.74. The molecule has 0 bridgehead atoms. The van der Waals surface area contributed by atoms with E-state index in [-0.39, 0.29) is 12.0 Å². The van der Waals surface area contributed by atoms with Gasteiger partial charge in [-0.25, -0.2) is 0 Å². The molecule has 1 aliphatic rings. The predicted octanol–water partition coefficient (Wildman–Crippen LogP) is 1.86. The molecule has 0 aromatic rings. The maximum atomic E-state index is 11.7. The van der Waals surface area contributed by atoms with E-state index in [4.69, 9.17) is 4.74 Å². The van der Waals surface area contributed by atoms with Gasteiger partial charge in [0, 0.05) is 6.54 Å². The number of carbonyl (C=O) groups excluding carboxylic acids is 1. The Morgan fingerprint density at radius 3 is 2.44 bits per heavy atom. The molecule has 1 fully saturated rings. The van der Waals surface area contributed by atoms with Crippen molar-refractivity contribution in [2.75, 3.05) is 6.54 Å². The first-order valence-electron chi connectivity index (χ1n) is 7.12. The zero-order valence-electron chi connectivity index (χ0n) is 11.8. The first kappa shape index (κ1) is 15.4. The maximum Gasteiger partial charge on any atom is 0.251 e. The fourth-order valence-electron chi connectivity index (χ4n) is 2.20. The summed E-state index contributed by atoms with van der Waals surface area (Å²) in [6.45, 7) is 6.41. The lowest BCUT2D eigenvalue weighted by molar-refractivity contribution is -0.141. The summed E-state index contributed by atoms with van der Waals surface area (Å²) < 4.78 is 5.77. The number of aliphatic hydroxyl groups is 1. The van der Waals surface area contributed by atoms with Crippen molar-refractivity contribution in [2.45, 2.75) is 71.2 Å². The summed E-state index contributed by atoms with van der Waals surface area (Å²) in [5.74, 6) is 0.0581. The third-order valence-corrected chi connectivity index (χ3v) is 3.36. The highest BCUT2D eigenvalue weighted by molar-refractivity contribution is 5.81. The molecule has 18 heavy (non-hydrogen) atoms. The van der Waals surface area contributed by atoms with Crippen LogP contribution in [0.5, 0.6) is 0 Å². The van der Waals surface area contributed by atoms with E-state index < -0.39 is 12.2 Å². The van der Waals surface area contributed by atoms with Crippen molar-refractivity contribution in [1.29, 1.82) is 0 Å². The summed E-state index contributed by atoms with van der Waals surface area (Å²) >= 11 is 0. The third-order valence-electron chi connectivity index (χ3n) is 3.36. The Hall–Kier alpha value is -0.610. The van der Waals surface area contributed by atoms with Crippen LogP contribution in [-0.4, -0.2) is 35.9 Å². The van der Waals surface area contributed by atoms with Gasteiger partial charge in [0.15, 0.2) is 6.10 Å². The molecule has 0 heterocycles. The molecule has 2 N–H and O–H groups in total. The van der Waals surface area contributed by atoms with Gasteiger partial charge in [-0.2, -0.15) is 0 Å². The minimum Gasteiger partial charge on any atom is -0.381 e. The van der Waals surface area contributed by atoms with Crippen molar-refractivity contribution in [3.05, 3.63) is 0 Å². The van der Waals surface area contributed by atoms with Crippen molar-refractivity contribution in [2.24, 2.45) is 5.92 Å². The van der Waals surface area contributed by atoms with Gasteiger partial charge in [0.05, 0.1) is 12.2 Å². The largest absolute Gasteiger partial charge is 0.381 e. The van der Waals surface area contributed by atoms with Crippen LogP contribution < -0.4 is 5.32 Å². The number of rotatable bonds is 6. The fraction of sp³-hybridized carbons (Fsp3) is 0.929. The minimum atomic E-state index is -1.06. The molecule has 0 radical (unpaired) electrons. The second-order valence-electron chi connectivity index (χ2n) is 5.69. The van der Waals surface area contributed by atoms with Gasteiger partial charge < -0.3 is 15.2 Å². The first-order valence-corrected chi connectivity index (χ1v) is 7.12. The van der Waals surface area contributed by atoms with E-state index in [1.807, 2.05) is 13.8 Å². The first-order chi connectivity index (χ1) is 8.50. The van der Waals surface area contributed by atoms with Crippen LogP contribution in [0.1, 0.15) is 52.9 Å². The molecule has 0 aromatic heterocycles. The predicted molar refractivity (Wildman–Crippen MR) is 71.3 cm³/mol. The van der Waals surface area contributed by atoms with Crippen LogP contribution in [-0.2, 0) is 9.53 Å². The SMILES string of the molecule is CC(C)CNC(=O)C(O)C(C)OC1CCCCC1. The summed E-state index contributed by atoms with van der Waals surface area (Å²) in [6, 6.07) is 0. The van der Waals surface area contributed by atoms with Crippen LogP contribution in [0.15, 0.2) is 0 Å². The highest BCUT2D eigenvalue weighted by atomic mass is 16.5. The van der Waals surface area contributed by atoms with Crippen LogP contribution in [0, 0.1) is 5.92 Å². The summed E-state index contributed by atoms with van der Waals surface area (Å²) in [4.78, 5) is 11.7. The number of hydrogen-bond acceptors (Lipinski definition) is 3. The van der Waals surface area contributed by atoms with Gasteiger partial charge >= 0.3 is 0 Å².